The number of hydrogen-bond donors (Lipinski definition) is 2. The fraction of sp³-hybridized carbons (Fsp3) is 0.312. The molecule has 0 bridgehead atoms. The largest absolute Gasteiger partial charge is 0.336 e. The van der Waals surface area contributed by atoms with E-state index in [1.165, 1.54) is 0 Å². The first kappa shape index (κ1) is 15.9. The van der Waals surface area contributed by atoms with Crippen molar-refractivity contribution in [2.45, 2.75) is 26.3 Å². The van der Waals surface area contributed by atoms with Gasteiger partial charge in [-0.1, -0.05) is 31.5 Å². The molecule has 2 N–H and O–H groups in total. The third kappa shape index (κ3) is 3.48. The van der Waals surface area contributed by atoms with E-state index >= 15 is 0 Å². The third-order valence-electron chi connectivity index (χ3n) is 3.67. The highest BCUT2D eigenvalue weighted by atomic mass is 16.2. The van der Waals surface area contributed by atoms with Gasteiger partial charge in [-0.05, 0) is 29.3 Å². The summed E-state index contributed by atoms with van der Waals surface area (Å²) >= 11 is 0. The second kappa shape index (κ2) is 7.03. The number of carbonyl (C=O) groups is 1. The molecule has 2 heterocycles. The summed E-state index contributed by atoms with van der Waals surface area (Å²) in [4.78, 5) is 14.1. The van der Waals surface area contributed by atoms with Gasteiger partial charge in [-0.3, -0.25) is 9.89 Å². The summed E-state index contributed by atoms with van der Waals surface area (Å²) in [7, 11) is 1.76. The first-order chi connectivity index (χ1) is 11.7. The predicted octanol–water partition coefficient (Wildman–Crippen LogP) is 1.81. The van der Waals surface area contributed by atoms with Crippen molar-refractivity contribution < 1.29 is 4.79 Å². The summed E-state index contributed by atoms with van der Waals surface area (Å²) in [5, 5.41) is 20.9. The van der Waals surface area contributed by atoms with Gasteiger partial charge in [0.05, 0.1) is 0 Å². The maximum absolute atomic E-state index is 12.5. The van der Waals surface area contributed by atoms with Crippen LogP contribution in [-0.4, -0.2) is 48.7 Å². The fourth-order valence-corrected chi connectivity index (χ4v) is 2.50. The van der Waals surface area contributed by atoms with Gasteiger partial charge in [0.1, 0.15) is 5.69 Å². The molecule has 124 valence electrons. The van der Waals surface area contributed by atoms with Crippen LogP contribution in [0.2, 0.25) is 0 Å². The Morgan fingerprint density at radius 1 is 1.25 bits per heavy atom. The Balaban J connectivity index is 1.70. The maximum atomic E-state index is 12.5. The van der Waals surface area contributed by atoms with E-state index in [0.29, 0.717) is 18.1 Å². The maximum Gasteiger partial charge on any atom is 0.274 e. The first-order valence-corrected chi connectivity index (χ1v) is 7.80. The normalized spacial score (nSPS) is 10.8. The molecule has 3 rings (SSSR count). The van der Waals surface area contributed by atoms with Crippen LogP contribution in [0.1, 0.15) is 35.1 Å². The Hall–Kier alpha value is -3.03. The lowest BCUT2D eigenvalue weighted by Gasteiger charge is -2.16. The van der Waals surface area contributed by atoms with E-state index in [4.69, 9.17) is 0 Å². The Bertz CT molecular complexity index is 809. The minimum absolute atomic E-state index is 0.112. The zero-order valence-corrected chi connectivity index (χ0v) is 13.7. The summed E-state index contributed by atoms with van der Waals surface area (Å²) in [5.74, 6) is 0.418. The molecule has 0 aliphatic rings. The molecule has 2 aromatic heterocycles. The molecule has 0 radical (unpaired) electrons. The Labute approximate surface area is 139 Å². The second-order valence-electron chi connectivity index (χ2n) is 5.63. The Morgan fingerprint density at radius 3 is 2.88 bits per heavy atom. The van der Waals surface area contributed by atoms with Gasteiger partial charge in [-0.2, -0.15) is 10.3 Å². The van der Waals surface area contributed by atoms with Crippen LogP contribution in [0, 0.1) is 0 Å². The summed E-state index contributed by atoms with van der Waals surface area (Å²) in [5.41, 5.74) is 3.26. The van der Waals surface area contributed by atoms with E-state index in [2.05, 4.69) is 37.7 Å². The van der Waals surface area contributed by atoms with Crippen molar-refractivity contribution >= 4 is 5.91 Å². The summed E-state index contributed by atoms with van der Waals surface area (Å²) in [6, 6.07) is 9.54. The van der Waals surface area contributed by atoms with Crippen LogP contribution >= 0.6 is 0 Å². The molecular weight excluding hydrogens is 306 g/mol. The Morgan fingerprint density at radius 2 is 2.12 bits per heavy atom. The zero-order valence-electron chi connectivity index (χ0n) is 13.7. The number of amides is 1. The smallest absolute Gasteiger partial charge is 0.274 e. The lowest BCUT2D eigenvalue weighted by Crippen LogP contribution is -2.26. The summed E-state index contributed by atoms with van der Waals surface area (Å²) in [6.45, 7) is 2.56. The van der Waals surface area contributed by atoms with Crippen molar-refractivity contribution in [3.63, 3.8) is 0 Å². The van der Waals surface area contributed by atoms with E-state index in [1.807, 2.05) is 30.3 Å². The molecule has 3 aromatic rings. The van der Waals surface area contributed by atoms with Gasteiger partial charge in [0.2, 0.25) is 5.82 Å². The van der Waals surface area contributed by atoms with Crippen LogP contribution in [0.15, 0.2) is 30.3 Å². The van der Waals surface area contributed by atoms with E-state index in [9.17, 15) is 4.79 Å². The molecular formula is C16H19N7O. The molecule has 0 saturated carbocycles. The topological polar surface area (TPSA) is 103 Å². The molecule has 0 atom stereocenters. The van der Waals surface area contributed by atoms with Gasteiger partial charge in [-0.15, -0.1) is 10.2 Å². The van der Waals surface area contributed by atoms with Crippen LogP contribution in [0.25, 0.3) is 11.4 Å². The quantitative estimate of drug-likeness (QED) is 0.719. The van der Waals surface area contributed by atoms with Crippen LogP contribution < -0.4 is 0 Å². The average Bonchev–Trinajstić information content (AvgIpc) is 3.26. The van der Waals surface area contributed by atoms with Gasteiger partial charge in [0.25, 0.3) is 5.91 Å². The third-order valence-corrected chi connectivity index (χ3v) is 3.67. The lowest BCUT2D eigenvalue weighted by atomic mass is 10.1. The number of tetrazole rings is 1. The molecule has 0 saturated heterocycles. The summed E-state index contributed by atoms with van der Waals surface area (Å²) in [6.07, 6.45) is 1.89. The molecule has 0 aliphatic heterocycles. The zero-order chi connectivity index (χ0) is 16.9. The number of aromatic amines is 2. The number of H-pyrrole nitrogens is 2. The predicted molar refractivity (Wildman–Crippen MR) is 88.0 cm³/mol. The van der Waals surface area contributed by atoms with Crippen molar-refractivity contribution in [1.29, 1.82) is 0 Å². The molecule has 0 aliphatic carbocycles. The number of nitrogens with one attached hydrogen (secondary N) is 2. The molecule has 8 nitrogen and oxygen atoms in total. The van der Waals surface area contributed by atoms with Crippen molar-refractivity contribution in [1.82, 2.24) is 35.7 Å². The number of benzene rings is 1. The highest BCUT2D eigenvalue weighted by Crippen LogP contribution is 2.16. The minimum atomic E-state index is -0.112. The van der Waals surface area contributed by atoms with Gasteiger partial charge in [-0.25, -0.2) is 0 Å². The molecule has 1 aromatic carbocycles. The standard InChI is InChI=1S/C16H19N7O/c1-3-5-13-9-14(18-17-13)16(24)23(2)10-11-6-4-7-12(8-11)15-19-21-22-20-15/h4,6-9H,3,5,10H2,1-2H3,(H,17,18)(H,19,20,21,22). The molecule has 8 heteroatoms. The van der Waals surface area contributed by atoms with E-state index < -0.39 is 0 Å². The highest BCUT2D eigenvalue weighted by Gasteiger charge is 2.16. The van der Waals surface area contributed by atoms with E-state index in [0.717, 1.165) is 29.7 Å². The number of rotatable bonds is 6. The summed E-state index contributed by atoms with van der Waals surface area (Å²) < 4.78 is 0. The molecule has 24 heavy (non-hydrogen) atoms. The fourth-order valence-electron chi connectivity index (χ4n) is 2.50. The number of nitrogens with zero attached hydrogens (tertiary/aromatic N) is 5. The van der Waals surface area contributed by atoms with Gasteiger partial charge >= 0.3 is 0 Å². The van der Waals surface area contributed by atoms with Gasteiger partial charge in [0, 0.05) is 24.8 Å². The van der Waals surface area contributed by atoms with Gasteiger partial charge in [0.15, 0.2) is 0 Å². The minimum Gasteiger partial charge on any atom is -0.336 e. The monoisotopic (exact) mass is 325 g/mol. The second-order valence-corrected chi connectivity index (χ2v) is 5.63. The van der Waals surface area contributed by atoms with Crippen molar-refractivity contribution in [2.24, 2.45) is 0 Å². The van der Waals surface area contributed by atoms with Crippen LogP contribution in [0.3, 0.4) is 0 Å². The van der Waals surface area contributed by atoms with E-state index in [1.54, 1.807) is 11.9 Å². The van der Waals surface area contributed by atoms with Crippen molar-refractivity contribution in [3.05, 3.63) is 47.3 Å². The molecule has 1 amide bonds. The number of aromatic nitrogens is 6. The van der Waals surface area contributed by atoms with Crippen LogP contribution in [0.4, 0.5) is 0 Å². The molecule has 0 fully saturated rings. The van der Waals surface area contributed by atoms with E-state index in [-0.39, 0.29) is 5.91 Å². The van der Waals surface area contributed by atoms with Crippen molar-refractivity contribution in [3.8, 4) is 11.4 Å². The first-order valence-electron chi connectivity index (χ1n) is 7.80. The van der Waals surface area contributed by atoms with Gasteiger partial charge < -0.3 is 4.90 Å². The SMILES string of the molecule is CCCc1cc(C(=O)N(C)Cc2cccc(-c3nn[nH]n3)c2)n[nH]1. The van der Waals surface area contributed by atoms with Crippen molar-refractivity contribution in [2.75, 3.05) is 7.05 Å². The van der Waals surface area contributed by atoms with Crippen LogP contribution in [-0.2, 0) is 13.0 Å². The number of carbonyl (C=O) groups excluding carboxylic acids is 1. The Kier molecular flexibility index (Phi) is 4.64. The molecule has 0 spiro atoms. The number of aryl methyl sites for hydroxylation is 1. The molecule has 0 unspecified atom stereocenters. The average molecular weight is 325 g/mol. The van der Waals surface area contributed by atoms with Crippen LogP contribution in [0.5, 0.6) is 0 Å². The number of hydrogen-bond acceptors (Lipinski definition) is 5. The highest BCUT2D eigenvalue weighted by molar-refractivity contribution is 5.92. The lowest BCUT2D eigenvalue weighted by molar-refractivity contribution is 0.0779.